The SMILES string of the molecule is O=C(NCC12CCC(C(=O)O)(CC1)CC2)C(F)(F)F. The predicted molar refractivity (Wildman–Crippen MR) is 59.3 cm³/mol. The van der Waals surface area contributed by atoms with Gasteiger partial charge in [-0.3, -0.25) is 9.59 Å². The quantitative estimate of drug-likeness (QED) is 0.831. The second kappa shape index (κ2) is 4.38. The lowest BCUT2D eigenvalue weighted by atomic mass is 9.53. The van der Waals surface area contributed by atoms with E-state index in [1.54, 1.807) is 0 Å². The van der Waals surface area contributed by atoms with Crippen molar-refractivity contribution in [3.63, 3.8) is 0 Å². The summed E-state index contributed by atoms with van der Waals surface area (Å²) in [7, 11) is 0. The van der Waals surface area contributed by atoms with Crippen LogP contribution >= 0.6 is 0 Å². The molecule has 0 aromatic rings. The highest BCUT2D eigenvalue weighted by Crippen LogP contribution is 2.56. The van der Waals surface area contributed by atoms with Crippen molar-refractivity contribution >= 4 is 11.9 Å². The van der Waals surface area contributed by atoms with E-state index >= 15 is 0 Å². The molecule has 0 heterocycles. The van der Waals surface area contributed by atoms with Crippen LogP contribution in [-0.2, 0) is 9.59 Å². The number of hydrogen-bond donors (Lipinski definition) is 2. The monoisotopic (exact) mass is 279 g/mol. The lowest BCUT2D eigenvalue weighted by Gasteiger charge is -2.51. The summed E-state index contributed by atoms with van der Waals surface area (Å²) in [6.07, 6.45) is -1.68. The predicted octanol–water partition coefficient (Wildman–Crippen LogP) is 2.09. The average Bonchev–Trinajstić information content (AvgIpc) is 2.37. The second-order valence-electron chi connectivity index (χ2n) is 5.77. The smallest absolute Gasteiger partial charge is 0.471 e. The Labute approximate surface area is 108 Å². The van der Waals surface area contributed by atoms with Crippen molar-refractivity contribution in [2.75, 3.05) is 6.54 Å². The van der Waals surface area contributed by atoms with E-state index in [1.165, 1.54) is 0 Å². The summed E-state index contributed by atoms with van der Waals surface area (Å²) in [5.74, 6) is -2.72. The van der Waals surface area contributed by atoms with E-state index in [9.17, 15) is 27.9 Å². The molecule has 0 radical (unpaired) electrons. The molecule has 7 heteroatoms. The molecule has 108 valence electrons. The fraction of sp³-hybridized carbons (Fsp3) is 0.833. The van der Waals surface area contributed by atoms with Crippen LogP contribution in [0.3, 0.4) is 0 Å². The van der Waals surface area contributed by atoms with Crippen LogP contribution in [0.15, 0.2) is 0 Å². The first kappa shape index (κ1) is 14.1. The fourth-order valence-corrected chi connectivity index (χ4v) is 3.22. The molecule has 0 spiro atoms. The molecule has 3 rings (SSSR count). The van der Waals surface area contributed by atoms with Gasteiger partial charge >= 0.3 is 18.1 Å². The lowest BCUT2D eigenvalue weighted by molar-refractivity contribution is -0.175. The van der Waals surface area contributed by atoms with Crippen molar-refractivity contribution in [1.29, 1.82) is 0 Å². The first-order valence-electron chi connectivity index (χ1n) is 6.28. The number of nitrogens with one attached hydrogen (secondary N) is 1. The zero-order valence-corrected chi connectivity index (χ0v) is 10.3. The van der Waals surface area contributed by atoms with Gasteiger partial charge in [0, 0.05) is 6.54 Å². The third-order valence-electron chi connectivity index (χ3n) is 4.74. The van der Waals surface area contributed by atoms with Crippen LogP contribution < -0.4 is 5.32 Å². The van der Waals surface area contributed by atoms with Gasteiger partial charge in [0.15, 0.2) is 0 Å². The molecular formula is C12H16F3NO3. The Balaban J connectivity index is 1.94. The minimum atomic E-state index is -4.86. The number of carboxylic acid groups (broad SMARTS) is 1. The number of carbonyl (C=O) groups excluding carboxylic acids is 1. The molecule has 3 aliphatic carbocycles. The van der Waals surface area contributed by atoms with E-state index in [0.29, 0.717) is 38.5 Å². The van der Waals surface area contributed by atoms with Crippen LogP contribution in [0.5, 0.6) is 0 Å². The third kappa shape index (κ3) is 2.55. The van der Waals surface area contributed by atoms with Gasteiger partial charge in [-0.05, 0) is 43.9 Å². The van der Waals surface area contributed by atoms with E-state index < -0.39 is 23.5 Å². The molecule has 0 aliphatic heterocycles. The molecule has 0 aromatic heterocycles. The number of rotatable bonds is 3. The summed E-state index contributed by atoms with van der Waals surface area (Å²) >= 11 is 0. The molecule has 0 aromatic carbocycles. The average molecular weight is 279 g/mol. The van der Waals surface area contributed by atoms with Crippen LogP contribution in [0.1, 0.15) is 38.5 Å². The summed E-state index contributed by atoms with van der Waals surface area (Å²) in [4.78, 5) is 22.0. The van der Waals surface area contributed by atoms with E-state index in [-0.39, 0.29) is 12.0 Å². The fourth-order valence-electron chi connectivity index (χ4n) is 3.22. The van der Waals surface area contributed by atoms with Crippen LogP contribution in [0.25, 0.3) is 0 Å². The number of aliphatic carboxylic acids is 1. The van der Waals surface area contributed by atoms with Crippen molar-refractivity contribution in [1.82, 2.24) is 5.32 Å². The van der Waals surface area contributed by atoms with Crippen LogP contribution in [0, 0.1) is 10.8 Å². The van der Waals surface area contributed by atoms with E-state index in [1.807, 2.05) is 5.32 Å². The van der Waals surface area contributed by atoms with Gasteiger partial charge in [-0.25, -0.2) is 0 Å². The molecule has 19 heavy (non-hydrogen) atoms. The molecule has 3 aliphatic rings. The summed E-state index contributed by atoms with van der Waals surface area (Å²) in [6, 6.07) is 0. The van der Waals surface area contributed by atoms with Gasteiger partial charge in [-0.2, -0.15) is 13.2 Å². The van der Waals surface area contributed by atoms with Crippen LogP contribution in [0.2, 0.25) is 0 Å². The van der Waals surface area contributed by atoms with Crippen molar-refractivity contribution in [3.05, 3.63) is 0 Å². The summed E-state index contributed by atoms with van der Waals surface area (Å²) in [6.45, 7) is -0.0129. The highest BCUT2D eigenvalue weighted by molar-refractivity contribution is 5.81. The van der Waals surface area contributed by atoms with Gasteiger partial charge in [-0.1, -0.05) is 0 Å². The topological polar surface area (TPSA) is 66.4 Å². The molecule has 0 unspecified atom stereocenters. The molecule has 2 bridgehead atoms. The van der Waals surface area contributed by atoms with E-state index in [4.69, 9.17) is 0 Å². The van der Waals surface area contributed by atoms with Crippen molar-refractivity contribution in [2.24, 2.45) is 10.8 Å². The molecule has 3 saturated carbocycles. The normalized spacial score (nSPS) is 34.1. The number of carboxylic acids is 1. The van der Waals surface area contributed by atoms with Gasteiger partial charge in [0.1, 0.15) is 0 Å². The Morgan fingerprint density at radius 2 is 1.53 bits per heavy atom. The third-order valence-corrected chi connectivity index (χ3v) is 4.74. The number of fused-ring (bicyclic) bond motifs is 3. The Hall–Kier alpha value is -1.27. The molecule has 2 N–H and O–H groups in total. The molecule has 0 saturated heterocycles. The summed E-state index contributed by atoms with van der Waals surface area (Å²) in [5.41, 5.74) is -1.03. The Bertz CT molecular complexity index is 381. The maximum absolute atomic E-state index is 12.1. The van der Waals surface area contributed by atoms with E-state index in [0.717, 1.165) is 0 Å². The summed E-state index contributed by atoms with van der Waals surface area (Å²) in [5, 5.41) is 11.1. The number of halogens is 3. The minimum Gasteiger partial charge on any atom is -0.481 e. The Kier molecular flexibility index (Phi) is 3.26. The molecule has 1 amide bonds. The highest BCUT2D eigenvalue weighted by atomic mass is 19.4. The van der Waals surface area contributed by atoms with E-state index in [2.05, 4.69) is 0 Å². The maximum atomic E-state index is 12.1. The van der Waals surface area contributed by atoms with Crippen molar-refractivity contribution < 1.29 is 27.9 Å². The Morgan fingerprint density at radius 1 is 1.05 bits per heavy atom. The minimum absolute atomic E-state index is 0.0129. The summed E-state index contributed by atoms with van der Waals surface area (Å²) < 4.78 is 36.4. The van der Waals surface area contributed by atoms with Crippen molar-refractivity contribution in [3.8, 4) is 0 Å². The molecule has 3 fully saturated rings. The number of hydrogen-bond acceptors (Lipinski definition) is 2. The zero-order valence-electron chi connectivity index (χ0n) is 10.3. The first-order valence-corrected chi connectivity index (χ1v) is 6.28. The van der Waals surface area contributed by atoms with Gasteiger partial charge in [0.05, 0.1) is 5.41 Å². The standard InChI is InChI=1S/C12H16F3NO3/c13-12(14,15)8(17)16-7-10-1-4-11(5-2-10,6-3-10)9(18)19/h1-7H2,(H,16,17)(H,18,19). The lowest BCUT2D eigenvalue weighted by Crippen LogP contribution is -2.51. The zero-order chi connectivity index (χ0) is 14.3. The second-order valence-corrected chi connectivity index (χ2v) is 5.77. The number of alkyl halides is 3. The molecule has 0 atom stereocenters. The Morgan fingerprint density at radius 3 is 1.89 bits per heavy atom. The number of amides is 1. The highest BCUT2D eigenvalue weighted by Gasteiger charge is 2.53. The largest absolute Gasteiger partial charge is 0.481 e. The van der Waals surface area contributed by atoms with Gasteiger partial charge in [0.2, 0.25) is 0 Å². The first-order chi connectivity index (χ1) is 8.69. The molecule has 4 nitrogen and oxygen atoms in total. The van der Waals surface area contributed by atoms with Gasteiger partial charge in [0.25, 0.3) is 0 Å². The van der Waals surface area contributed by atoms with Crippen LogP contribution in [-0.4, -0.2) is 29.7 Å². The van der Waals surface area contributed by atoms with Crippen LogP contribution in [0.4, 0.5) is 13.2 Å². The van der Waals surface area contributed by atoms with Crippen molar-refractivity contribution in [2.45, 2.75) is 44.7 Å². The van der Waals surface area contributed by atoms with Gasteiger partial charge < -0.3 is 10.4 Å². The number of carbonyl (C=O) groups is 2. The molecular weight excluding hydrogens is 263 g/mol. The maximum Gasteiger partial charge on any atom is 0.471 e. The van der Waals surface area contributed by atoms with Gasteiger partial charge in [-0.15, -0.1) is 0 Å².